The lowest BCUT2D eigenvalue weighted by Crippen LogP contribution is -2.18. The second kappa shape index (κ2) is 4.49. The summed E-state index contributed by atoms with van der Waals surface area (Å²) in [7, 11) is 1.70. The molecule has 1 aromatic heterocycles. The van der Waals surface area contributed by atoms with Crippen LogP contribution in [0, 0.1) is 6.92 Å². The molecule has 92 valence electrons. The highest BCUT2D eigenvalue weighted by atomic mass is 16.4. The number of hydrogen-bond acceptors (Lipinski definition) is 2. The highest BCUT2D eigenvalue weighted by Crippen LogP contribution is 2.16. The number of carboxylic acid groups (broad SMARTS) is 1. The predicted octanol–water partition coefficient (Wildman–Crippen LogP) is 2.06. The predicted molar refractivity (Wildman–Crippen MR) is 68.8 cm³/mol. The maximum Gasteiger partial charge on any atom is 0.341 e. The van der Waals surface area contributed by atoms with E-state index in [1.165, 1.54) is 6.20 Å². The van der Waals surface area contributed by atoms with Gasteiger partial charge in [0.1, 0.15) is 5.56 Å². The number of nitrogens with zero attached hydrogens (tertiary/aromatic N) is 1. The topological polar surface area (TPSA) is 59.3 Å². The fourth-order valence-electron chi connectivity index (χ4n) is 1.80. The summed E-state index contributed by atoms with van der Waals surface area (Å²) in [6.45, 7) is 1.95. The van der Waals surface area contributed by atoms with Gasteiger partial charge in [0.15, 0.2) is 0 Å². The van der Waals surface area contributed by atoms with E-state index >= 15 is 0 Å². The van der Waals surface area contributed by atoms with Crippen molar-refractivity contribution in [2.75, 3.05) is 0 Å². The Kier molecular flexibility index (Phi) is 3.02. The Bertz CT molecular complexity index is 654. The first-order valence-corrected chi connectivity index (χ1v) is 5.49. The molecule has 0 amide bonds. The molecule has 0 aliphatic carbocycles. The van der Waals surface area contributed by atoms with Crippen LogP contribution < -0.4 is 5.43 Å². The molecule has 2 aromatic rings. The first kappa shape index (κ1) is 12.1. The molecule has 0 aliphatic rings. The zero-order valence-corrected chi connectivity index (χ0v) is 10.2. The quantitative estimate of drug-likeness (QED) is 0.878. The lowest BCUT2D eigenvalue weighted by molar-refractivity contribution is 0.0694. The van der Waals surface area contributed by atoms with E-state index in [4.69, 9.17) is 5.11 Å². The second-order valence-corrected chi connectivity index (χ2v) is 4.25. The molecule has 0 spiro atoms. The van der Waals surface area contributed by atoms with Crippen LogP contribution in [-0.4, -0.2) is 15.6 Å². The van der Waals surface area contributed by atoms with E-state index < -0.39 is 11.4 Å². The fourth-order valence-corrected chi connectivity index (χ4v) is 1.80. The maximum atomic E-state index is 12.1. The van der Waals surface area contributed by atoms with Gasteiger partial charge in [-0.15, -0.1) is 0 Å². The Hall–Kier alpha value is -2.36. The van der Waals surface area contributed by atoms with Crippen LogP contribution in [0.2, 0.25) is 0 Å². The van der Waals surface area contributed by atoms with Crippen LogP contribution in [-0.2, 0) is 7.05 Å². The van der Waals surface area contributed by atoms with Crippen molar-refractivity contribution in [2.45, 2.75) is 6.92 Å². The van der Waals surface area contributed by atoms with Crippen LogP contribution in [0.25, 0.3) is 11.1 Å². The number of pyridine rings is 1. The van der Waals surface area contributed by atoms with Crippen molar-refractivity contribution in [1.82, 2.24) is 4.57 Å². The molecule has 0 saturated heterocycles. The monoisotopic (exact) mass is 243 g/mol. The Labute approximate surface area is 104 Å². The minimum atomic E-state index is -1.20. The molecule has 4 heteroatoms. The molecule has 0 aliphatic heterocycles. The molecule has 0 fully saturated rings. The van der Waals surface area contributed by atoms with Crippen molar-refractivity contribution in [3.8, 4) is 11.1 Å². The van der Waals surface area contributed by atoms with E-state index in [2.05, 4.69) is 0 Å². The molecule has 4 nitrogen and oxygen atoms in total. The Morgan fingerprint density at radius 1 is 1.17 bits per heavy atom. The number of benzene rings is 1. The normalized spacial score (nSPS) is 10.3. The van der Waals surface area contributed by atoms with Gasteiger partial charge in [-0.3, -0.25) is 4.79 Å². The third-order valence-electron chi connectivity index (χ3n) is 2.75. The summed E-state index contributed by atoms with van der Waals surface area (Å²) in [5, 5.41) is 8.99. The molecule has 1 N–H and O–H groups in total. The van der Waals surface area contributed by atoms with E-state index in [9.17, 15) is 9.59 Å². The Balaban J connectivity index is 2.68. The molecule has 2 rings (SSSR count). The lowest BCUT2D eigenvalue weighted by Gasteiger charge is -2.06. The molecule has 1 aromatic carbocycles. The van der Waals surface area contributed by atoms with Gasteiger partial charge in [-0.1, -0.05) is 29.8 Å². The standard InChI is InChI=1S/C14H13NO3/c1-9-3-5-10(6-4-9)11-7-15(2)8-12(13(11)16)14(17)18/h3-8H,1-2H3,(H,17,18). The number of rotatable bonds is 2. The molecular weight excluding hydrogens is 230 g/mol. The van der Waals surface area contributed by atoms with E-state index in [-0.39, 0.29) is 5.56 Å². The van der Waals surface area contributed by atoms with Crippen LogP contribution in [0.15, 0.2) is 41.5 Å². The molecule has 0 atom stereocenters. The van der Waals surface area contributed by atoms with Gasteiger partial charge in [-0.25, -0.2) is 4.79 Å². The van der Waals surface area contributed by atoms with Crippen LogP contribution in [0.5, 0.6) is 0 Å². The van der Waals surface area contributed by atoms with Crippen LogP contribution >= 0.6 is 0 Å². The largest absolute Gasteiger partial charge is 0.477 e. The summed E-state index contributed by atoms with van der Waals surface area (Å²) >= 11 is 0. The fraction of sp³-hybridized carbons (Fsp3) is 0.143. The first-order chi connectivity index (χ1) is 8.49. The highest BCUT2D eigenvalue weighted by Gasteiger charge is 2.13. The zero-order chi connectivity index (χ0) is 13.3. The number of aromatic nitrogens is 1. The summed E-state index contributed by atoms with van der Waals surface area (Å²) in [6.07, 6.45) is 2.96. The number of aromatic carboxylic acids is 1. The number of hydrogen-bond donors (Lipinski definition) is 1. The van der Waals surface area contributed by atoms with Gasteiger partial charge < -0.3 is 9.67 Å². The van der Waals surface area contributed by atoms with Gasteiger partial charge in [0, 0.05) is 25.0 Å². The van der Waals surface area contributed by atoms with Crippen molar-refractivity contribution in [1.29, 1.82) is 0 Å². The molecule has 0 radical (unpaired) electrons. The number of carboxylic acids is 1. The molecule has 0 saturated carbocycles. The third-order valence-corrected chi connectivity index (χ3v) is 2.75. The Morgan fingerprint density at radius 3 is 2.33 bits per heavy atom. The number of aryl methyl sites for hydroxylation is 2. The smallest absolute Gasteiger partial charge is 0.341 e. The molecular formula is C14H13NO3. The van der Waals surface area contributed by atoms with Gasteiger partial charge in [-0.2, -0.15) is 0 Å². The van der Waals surface area contributed by atoms with Gasteiger partial charge in [0.2, 0.25) is 5.43 Å². The van der Waals surface area contributed by atoms with Crippen LogP contribution in [0.4, 0.5) is 0 Å². The summed E-state index contributed by atoms with van der Waals surface area (Å²) in [4.78, 5) is 23.1. The van der Waals surface area contributed by atoms with Crippen molar-refractivity contribution in [2.24, 2.45) is 7.05 Å². The summed E-state index contributed by atoms with van der Waals surface area (Å²) in [5.41, 5.74) is 1.55. The van der Waals surface area contributed by atoms with E-state index in [0.29, 0.717) is 5.56 Å². The van der Waals surface area contributed by atoms with Gasteiger partial charge in [-0.05, 0) is 12.5 Å². The summed E-state index contributed by atoms with van der Waals surface area (Å²) in [5.74, 6) is -1.20. The molecule has 18 heavy (non-hydrogen) atoms. The van der Waals surface area contributed by atoms with E-state index in [1.54, 1.807) is 17.8 Å². The minimum Gasteiger partial charge on any atom is -0.477 e. The van der Waals surface area contributed by atoms with Crippen molar-refractivity contribution in [3.63, 3.8) is 0 Å². The second-order valence-electron chi connectivity index (χ2n) is 4.25. The summed E-state index contributed by atoms with van der Waals surface area (Å²) < 4.78 is 1.58. The van der Waals surface area contributed by atoms with E-state index in [1.807, 2.05) is 31.2 Å². The highest BCUT2D eigenvalue weighted by molar-refractivity contribution is 5.88. The maximum absolute atomic E-state index is 12.1. The van der Waals surface area contributed by atoms with Crippen molar-refractivity contribution >= 4 is 5.97 Å². The van der Waals surface area contributed by atoms with Crippen LogP contribution in [0.3, 0.4) is 0 Å². The molecule has 0 bridgehead atoms. The first-order valence-electron chi connectivity index (χ1n) is 5.49. The SMILES string of the molecule is Cc1ccc(-c2cn(C)cc(C(=O)O)c2=O)cc1. The van der Waals surface area contributed by atoms with Gasteiger partial charge >= 0.3 is 5.97 Å². The third kappa shape index (κ3) is 2.18. The van der Waals surface area contributed by atoms with Crippen molar-refractivity contribution < 1.29 is 9.90 Å². The lowest BCUT2D eigenvalue weighted by atomic mass is 10.0. The van der Waals surface area contributed by atoms with E-state index in [0.717, 1.165) is 11.1 Å². The minimum absolute atomic E-state index is 0.212. The van der Waals surface area contributed by atoms with Gasteiger partial charge in [0.05, 0.1) is 0 Å². The summed E-state index contributed by atoms with van der Waals surface area (Å²) in [6, 6.07) is 7.42. The average molecular weight is 243 g/mol. The zero-order valence-electron chi connectivity index (χ0n) is 10.2. The molecule has 1 heterocycles. The van der Waals surface area contributed by atoms with Crippen LogP contribution in [0.1, 0.15) is 15.9 Å². The number of carbonyl (C=O) groups is 1. The van der Waals surface area contributed by atoms with Crippen molar-refractivity contribution in [3.05, 3.63) is 58.0 Å². The average Bonchev–Trinajstić information content (AvgIpc) is 2.32. The molecule has 0 unspecified atom stereocenters. The van der Waals surface area contributed by atoms with Gasteiger partial charge in [0.25, 0.3) is 0 Å². The Morgan fingerprint density at radius 2 is 1.78 bits per heavy atom.